The molecule has 0 aliphatic rings. The van der Waals surface area contributed by atoms with Crippen LogP contribution < -0.4 is 10.6 Å². The molecule has 0 aliphatic carbocycles. The van der Waals surface area contributed by atoms with E-state index in [2.05, 4.69) is 15.6 Å². The second-order valence-corrected chi connectivity index (χ2v) is 3.53. The summed E-state index contributed by atoms with van der Waals surface area (Å²) in [6, 6.07) is 0. The van der Waals surface area contributed by atoms with E-state index in [0.717, 1.165) is 25.1 Å². The van der Waals surface area contributed by atoms with Gasteiger partial charge in [-0.15, -0.1) is 0 Å². The molecule has 0 aromatic carbocycles. The third kappa shape index (κ3) is 4.44. The molecule has 0 saturated carbocycles. The first-order valence-electron chi connectivity index (χ1n) is 5.67. The first-order valence-corrected chi connectivity index (χ1v) is 5.67. The van der Waals surface area contributed by atoms with Gasteiger partial charge in [0.05, 0.1) is 19.3 Å². The first kappa shape index (κ1) is 12.7. The summed E-state index contributed by atoms with van der Waals surface area (Å²) in [6.45, 7) is 5.53. The minimum Gasteiger partial charge on any atom is -0.444 e. The molecule has 0 saturated heterocycles. The topological polar surface area (TPSA) is 67.2 Å². The summed E-state index contributed by atoms with van der Waals surface area (Å²) in [5.41, 5.74) is 0. The highest BCUT2D eigenvalue weighted by Gasteiger charge is 2.03. The molecule has 1 aromatic rings. The first-order chi connectivity index (χ1) is 7.76. The summed E-state index contributed by atoms with van der Waals surface area (Å²) >= 11 is 0. The molecule has 0 spiro atoms. The van der Waals surface area contributed by atoms with Gasteiger partial charge >= 0.3 is 0 Å². The zero-order chi connectivity index (χ0) is 11.8. The third-order valence-corrected chi connectivity index (χ3v) is 2.08. The van der Waals surface area contributed by atoms with E-state index in [-0.39, 0.29) is 5.91 Å². The fourth-order valence-corrected chi connectivity index (χ4v) is 1.20. The van der Waals surface area contributed by atoms with Crippen LogP contribution in [0.1, 0.15) is 31.9 Å². The molecular weight excluding hydrogens is 206 g/mol. The molecule has 0 atom stereocenters. The number of hydrogen-bond acceptors (Lipinski definition) is 4. The van der Waals surface area contributed by atoms with Gasteiger partial charge in [-0.25, -0.2) is 4.98 Å². The molecule has 1 amide bonds. The predicted molar refractivity (Wildman–Crippen MR) is 60.9 cm³/mol. The summed E-state index contributed by atoms with van der Waals surface area (Å²) in [5.74, 6) is 1.50. The fraction of sp³-hybridized carbons (Fsp3) is 0.636. The van der Waals surface area contributed by atoms with Crippen molar-refractivity contribution in [2.75, 3.05) is 13.1 Å². The lowest BCUT2D eigenvalue weighted by Crippen LogP contribution is -2.33. The number of hydrogen-bond donors (Lipinski definition) is 2. The van der Waals surface area contributed by atoms with E-state index < -0.39 is 0 Å². The van der Waals surface area contributed by atoms with Gasteiger partial charge in [0.2, 0.25) is 11.8 Å². The average Bonchev–Trinajstić information content (AvgIpc) is 2.74. The number of carbonyl (C=O) groups excluding carboxylic acids is 1. The SMILES string of the molecule is CCCNC(=O)CNCc1ncc(CC)o1. The minimum atomic E-state index is 0.00382. The maximum Gasteiger partial charge on any atom is 0.233 e. The average molecular weight is 225 g/mol. The summed E-state index contributed by atoms with van der Waals surface area (Å²) < 4.78 is 5.39. The summed E-state index contributed by atoms with van der Waals surface area (Å²) in [4.78, 5) is 15.3. The number of amides is 1. The number of carbonyl (C=O) groups is 1. The van der Waals surface area contributed by atoms with Crippen LogP contribution in [0.5, 0.6) is 0 Å². The van der Waals surface area contributed by atoms with E-state index in [9.17, 15) is 4.79 Å². The monoisotopic (exact) mass is 225 g/mol. The molecule has 5 heteroatoms. The van der Waals surface area contributed by atoms with Crippen LogP contribution in [0.3, 0.4) is 0 Å². The number of aromatic nitrogens is 1. The Kier molecular flexibility index (Phi) is 5.56. The van der Waals surface area contributed by atoms with E-state index in [0.29, 0.717) is 19.0 Å². The van der Waals surface area contributed by atoms with Gasteiger partial charge in [0, 0.05) is 13.0 Å². The number of nitrogens with one attached hydrogen (secondary N) is 2. The molecule has 1 rings (SSSR count). The normalized spacial score (nSPS) is 10.4. The fourth-order valence-electron chi connectivity index (χ4n) is 1.20. The minimum absolute atomic E-state index is 0.00382. The Morgan fingerprint density at radius 2 is 2.31 bits per heavy atom. The van der Waals surface area contributed by atoms with Crippen LogP contribution in [0.2, 0.25) is 0 Å². The van der Waals surface area contributed by atoms with E-state index in [1.54, 1.807) is 6.20 Å². The molecule has 0 radical (unpaired) electrons. The highest BCUT2D eigenvalue weighted by molar-refractivity contribution is 5.77. The number of nitrogens with zero attached hydrogens (tertiary/aromatic N) is 1. The number of rotatable bonds is 7. The molecule has 16 heavy (non-hydrogen) atoms. The summed E-state index contributed by atoms with van der Waals surface area (Å²) in [7, 11) is 0. The van der Waals surface area contributed by atoms with Crippen molar-refractivity contribution in [1.29, 1.82) is 0 Å². The lowest BCUT2D eigenvalue weighted by atomic mass is 10.4. The van der Waals surface area contributed by atoms with Gasteiger partial charge in [0.25, 0.3) is 0 Å². The van der Waals surface area contributed by atoms with Crippen molar-refractivity contribution in [3.05, 3.63) is 17.8 Å². The zero-order valence-electron chi connectivity index (χ0n) is 9.88. The Balaban J connectivity index is 2.17. The van der Waals surface area contributed by atoms with Crippen molar-refractivity contribution in [2.45, 2.75) is 33.2 Å². The predicted octanol–water partition coefficient (Wildman–Crippen LogP) is 0.853. The van der Waals surface area contributed by atoms with E-state index in [1.165, 1.54) is 0 Å². The highest BCUT2D eigenvalue weighted by Crippen LogP contribution is 2.03. The molecule has 90 valence electrons. The number of oxazole rings is 1. The summed E-state index contributed by atoms with van der Waals surface area (Å²) in [6.07, 6.45) is 3.50. The van der Waals surface area contributed by atoms with Crippen LogP contribution in [-0.4, -0.2) is 24.0 Å². The van der Waals surface area contributed by atoms with Crippen molar-refractivity contribution in [2.24, 2.45) is 0 Å². The highest BCUT2D eigenvalue weighted by atomic mass is 16.4. The Morgan fingerprint density at radius 1 is 1.50 bits per heavy atom. The second-order valence-electron chi connectivity index (χ2n) is 3.53. The molecule has 0 fully saturated rings. The maximum absolute atomic E-state index is 11.2. The van der Waals surface area contributed by atoms with Crippen LogP contribution in [0.25, 0.3) is 0 Å². The number of aryl methyl sites for hydroxylation is 1. The van der Waals surface area contributed by atoms with E-state index in [1.807, 2.05) is 13.8 Å². The van der Waals surface area contributed by atoms with E-state index >= 15 is 0 Å². The molecule has 2 N–H and O–H groups in total. The third-order valence-electron chi connectivity index (χ3n) is 2.08. The Bertz CT molecular complexity index is 323. The van der Waals surface area contributed by atoms with Gasteiger partial charge in [0.1, 0.15) is 5.76 Å². The lowest BCUT2D eigenvalue weighted by Gasteiger charge is -2.03. The van der Waals surface area contributed by atoms with Crippen molar-refractivity contribution in [3.8, 4) is 0 Å². The molecule has 0 bridgehead atoms. The largest absolute Gasteiger partial charge is 0.444 e. The molecule has 1 aromatic heterocycles. The zero-order valence-corrected chi connectivity index (χ0v) is 9.88. The van der Waals surface area contributed by atoms with Crippen LogP contribution >= 0.6 is 0 Å². The van der Waals surface area contributed by atoms with Crippen LogP contribution in [0.15, 0.2) is 10.6 Å². The molecule has 0 aliphatic heterocycles. The quantitative estimate of drug-likeness (QED) is 0.722. The smallest absolute Gasteiger partial charge is 0.233 e. The van der Waals surface area contributed by atoms with Crippen LogP contribution in [0.4, 0.5) is 0 Å². The van der Waals surface area contributed by atoms with E-state index in [4.69, 9.17) is 4.42 Å². The maximum atomic E-state index is 11.2. The van der Waals surface area contributed by atoms with Gasteiger partial charge in [-0.2, -0.15) is 0 Å². The summed E-state index contributed by atoms with van der Waals surface area (Å²) in [5, 5.41) is 5.76. The standard InChI is InChI=1S/C11H19N3O2/c1-3-5-13-10(15)7-12-8-11-14-6-9(4-2)16-11/h6,12H,3-5,7-8H2,1-2H3,(H,13,15). The van der Waals surface area contributed by atoms with Crippen LogP contribution in [0, 0.1) is 0 Å². The molecule has 1 heterocycles. The van der Waals surface area contributed by atoms with Gasteiger partial charge in [-0.1, -0.05) is 13.8 Å². The van der Waals surface area contributed by atoms with Crippen LogP contribution in [-0.2, 0) is 17.8 Å². The molecular formula is C11H19N3O2. The lowest BCUT2D eigenvalue weighted by molar-refractivity contribution is -0.120. The van der Waals surface area contributed by atoms with Gasteiger partial charge in [0.15, 0.2) is 0 Å². The van der Waals surface area contributed by atoms with Gasteiger partial charge in [-0.3, -0.25) is 10.1 Å². The molecule has 5 nitrogen and oxygen atoms in total. The van der Waals surface area contributed by atoms with Gasteiger partial charge in [-0.05, 0) is 6.42 Å². The van der Waals surface area contributed by atoms with Crippen molar-refractivity contribution >= 4 is 5.91 Å². The Labute approximate surface area is 95.6 Å². The van der Waals surface area contributed by atoms with Crippen molar-refractivity contribution < 1.29 is 9.21 Å². The van der Waals surface area contributed by atoms with Gasteiger partial charge < -0.3 is 9.73 Å². The second kappa shape index (κ2) is 7.00. The Hall–Kier alpha value is -1.36. The molecule has 0 unspecified atom stereocenters. The Morgan fingerprint density at radius 3 is 2.94 bits per heavy atom. The van der Waals surface area contributed by atoms with Crippen molar-refractivity contribution in [3.63, 3.8) is 0 Å². The van der Waals surface area contributed by atoms with Crippen molar-refractivity contribution in [1.82, 2.24) is 15.6 Å².